The fourth-order valence-electron chi connectivity index (χ4n) is 3.92. The van der Waals surface area contributed by atoms with Crippen LogP contribution in [0.5, 0.6) is 0 Å². The number of hydrogen-bond donors (Lipinski definition) is 0. The summed E-state index contributed by atoms with van der Waals surface area (Å²) in [5.41, 5.74) is 1.21. The van der Waals surface area contributed by atoms with Gasteiger partial charge in [-0.15, -0.1) is 6.58 Å². The van der Waals surface area contributed by atoms with Gasteiger partial charge in [0.15, 0.2) is 0 Å². The molecule has 0 unspecified atom stereocenters. The van der Waals surface area contributed by atoms with E-state index in [4.69, 9.17) is 0 Å². The van der Waals surface area contributed by atoms with Crippen molar-refractivity contribution in [3.63, 3.8) is 0 Å². The predicted molar refractivity (Wildman–Crippen MR) is 129 cm³/mol. The van der Waals surface area contributed by atoms with Gasteiger partial charge in [-0.2, -0.15) is 0 Å². The third-order valence-electron chi connectivity index (χ3n) is 5.11. The minimum absolute atomic E-state index is 0. The molecule has 0 aliphatic rings. The fourth-order valence-corrected chi connectivity index (χ4v) is 8.30. The normalized spacial score (nSPS) is 10.7. The first-order chi connectivity index (χ1) is 14.4. The molecule has 0 heterocycles. The second kappa shape index (κ2) is 10.4. The number of hydrogen-bond acceptors (Lipinski definition) is 1. The number of halogens is 1. The monoisotopic (exact) mass is 473 g/mol. The first kappa shape index (κ1) is 22.0. The highest BCUT2D eigenvalue weighted by Gasteiger charge is 2.51. The van der Waals surface area contributed by atoms with Crippen molar-refractivity contribution in [2.24, 2.45) is 0 Å². The molecule has 0 fully saturated rings. The Morgan fingerprint density at radius 1 is 0.567 bits per heavy atom. The zero-order chi connectivity index (χ0) is 19.9. The Balaban J connectivity index is 0.00000256. The quantitative estimate of drug-likeness (QED) is 0.294. The molecule has 0 saturated heterocycles. The lowest BCUT2D eigenvalue weighted by molar-refractivity contribution is -0.00000555. The van der Waals surface area contributed by atoms with E-state index in [1.165, 1.54) is 21.6 Å². The van der Waals surface area contributed by atoms with Gasteiger partial charge in [0.25, 0.3) is 0 Å². The Labute approximate surface area is 190 Å². The van der Waals surface area contributed by atoms with Gasteiger partial charge in [0.05, 0.1) is 12.2 Å². The molecule has 150 valence electrons. The average Bonchev–Trinajstić information content (AvgIpc) is 2.82. The molecule has 3 heteroatoms. The van der Waals surface area contributed by atoms with E-state index >= 15 is 0 Å². The molecule has 0 aliphatic heterocycles. The van der Waals surface area contributed by atoms with Gasteiger partial charge >= 0.3 is 0 Å². The van der Waals surface area contributed by atoms with Crippen LogP contribution in [0, 0.1) is 0 Å². The maximum atomic E-state index is 4.10. The Morgan fingerprint density at radius 2 is 0.900 bits per heavy atom. The molecule has 0 spiro atoms. The van der Waals surface area contributed by atoms with Crippen LogP contribution in [0.15, 0.2) is 134 Å². The number of nitrogens with zero attached hydrogens (tertiary/aromatic N) is 1. The van der Waals surface area contributed by atoms with Crippen LogP contribution in [-0.4, -0.2) is 6.54 Å². The summed E-state index contributed by atoms with van der Waals surface area (Å²) >= 11 is 0. The predicted octanol–water partition coefficient (Wildman–Crippen LogP) is 2.59. The van der Waals surface area contributed by atoms with E-state index in [1.54, 1.807) is 0 Å². The van der Waals surface area contributed by atoms with Gasteiger partial charge in [-0.3, -0.25) is 0 Å². The number of benzene rings is 4. The summed E-state index contributed by atoms with van der Waals surface area (Å²) < 4.78 is 2.56. The number of para-hydroxylation sites is 1. The van der Waals surface area contributed by atoms with Crippen LogP contribution in [-0.2, 0) is 0 Å². The zero-order valence-corrected chi connectivity index (χ0v) is 19.3. The van der Waals surface area contributed by atoms with Crippen molar-refractivity contribution in [1.29, 1.82) is 0 Å². The first-order valence-corrected chi connectivity index (χ1v) is 11.6. The van der Waals surface area contributed by atoms with Crippen molar-refractivity contribution in [2.45, 2.75) is 0 Å². The summed E-state index contributed by atoms with van der Waals surface area (Å²) in [5.74, 6) is 0. The molecular formula is C27H25BrNP. The van der Waals surface area contributed by atoms with Gasteiger partial charge in [-0.05, 0) is 48.5 Å². The van der Waals surface area contributed by atoms with Gasteiger partial charge < -0.3 is 17.0 Å². The van der Waals surface area contributed by atoms with Crippen LogP contribution in [0.2, 0.25) is 0 Å². The van der Waals surface area contributed by atoms with E-state index in [0.717, 1.165) is 6.54 Å². The third kappa shape index (κ3) is 4.12. The molecule has 0 bridgehead atoms. The highest BCUT2D eigenvalue weighted by atomic mass is 79.9. The zero-order valence-electron chi connectivity index (χ0n) is 16.8. The second-order valence-electron chi connectivity index (χ2n) is 6.85. The van der Waals surface area contributed by atoms with E-state index in [2.05, 4.69) is 133 Å². The molecule has 30 heavy (non-hydrogen) atoms. The Hall–Kier alpha value is -2.67. The average molecular weight is 474 g/mol. The van der Waals surface area contributed by atoms with Gasteiger partial charge in [0.1, 0.15) is 15.9 Å². The van der Waals surface area contributed by atoms with Crippen molar-refractivity contribution < 1.29 is 17.0 Å². The highest BCUT2D eigenvalue weighted by molar-refractivity contribution is 7.96. The Kier molecular flexibility index (Phi) is 7.63. The molecule has 0 N–H and O–H groups in total. The van der Waals surface area contributed by atoms with E-state index in [0.29, 0.717) is 0 Å². The number of rotatable bonds is 7. The van der Waals surface area contributed by atoms with E-state index in [1.807, 2.05) is 6.08 Å². The third-order valence-corrected chi connectivity index (χ3v) is 9.36. The SMILES string of the molecule is C=CCN(c1ccccc1)[P+](c1ccccc1)(c1ccccc1)c1ccccc1.[Br-]. The van der Waals surface area contributed by atoms with Crippen LogP contribution < -0.4 is 37.6 Å². The Morgan fingerprint density at radius 3 is 1.23 bits per heavy atom. The van der Waals surface area contributed by atoms with Gasteiger partial charge in [0.2, 0.25) is 7.41 Å². The lowest BCUT2D eigenvalue weighted by Gasteiger charge is -2.37. The van der Waals surface area contributed by atoms with Crippen LogP contribution >= 0.6 is 7.41 Å². The Bertz CT molecular complexity index is 941. The van der Waals surface area contributed by atoms with E-state index in [9.17, 15) is 0 Å². The second-order valence-corrected chi connectivity index (χ2v) is 10.2. The minimum atomic E-state index is -2.14. The van der Waals surface area contributed by atoms with Gasteiger partial charge in [-0.25, -0.2) is 4.67 Å². The smallest absolute Gasteiger partial charge is 0.202 e. The molecule has 0 saturated carbocycles. The fraction of sp³-hybridized carbons (Fsp3) is 0.0370. The molecule has 1 nitrogen and oxygen atoms in total. The summed E-state index contributed by atoms with van der Waals surface area (Å²) in [7, 11) is -2.14. The first-order valence-electron chi connectivity index (χ1n) is 9.87. The summed E-state index contributed by atoms with van der Waals surface area (Å²) in [6.45, 7) is 4.86. The van der Waals surface area contributed by atoms with Crippen molar-refractivity contribution >= 4 is 29.0 Å². The maximum absolute atomic E-state index is 4.10. The molecule has 4 aromatic carbocycles. The van der Waals surface area contributed by atoms with Crippen molar-refractivity contribution in [3.05, 3.63) is 134 Å². The van der Waals surface area contributed by atoms with E-state index < -0.39 is 7.41 Å². The minimum Gasteiger partial charge on any atom is -1.00 e. The van der Waals surface area contributed by atoms with Gasteiger partial charge in [0, 0.05) is 0 Å². The van der Waals surface area contributed by atoms with Crippen molar-refractivity contribution in [3.8, 4) is 0 Å². The summed E-state index contributed by atoms with van der Waals surface area (Å²) in [5, 5.41) is 4.01. The summed E-state index contributed by atoms with van der Waals surface area (Å²) in [6.07, 6.45) is 2.01. The van der Waals surface area contributed by atoms with Crippen LogP contribution in [0.3, 0.4) is 0 Å². The van der Waals surface area contributed by atoms with Crippen LogP contribution in [0.25, 0.3) is 0 Å². The summed E-state index contributed by atoms with van der Waals surface area (Å²) in [4.78, 5) is 0. The maximum Gasteiger partial charge on any atom is 0.202 e. The van der Waals surface area contributed by atoms with Crippen molar-refractivity contribution in [2.75, 3.05) is 11.2 Å². The van der Waals surface area contributed by atoms with Crippen molar-refractivity contribution in [1.82, 2.24) is 0 Å². The lowest BCUT2D eigenvalue weighted by Crippen LogP contribution is -3.00. The largest absolute Gasteiger partial charge is 1.00 e. The molecule has 0 radical (unpaired) electrons. The molecule has 0 atom stereocenters. The van der Waals surface area contributed by atoms with Crippen LogP contribution in [0.4, 0.5) is 5.69 Å². The molecule has 4 aromatic rings. The lowest BCUT2D eigenvalue weighted by atomic mass is 10.3. The molecule has 0 aromatic heterocycles. The molecule has 0 aliphatic carbocycles. The standard InChI is InChI=1S/C27H25NP.BrH/c1-2-23-28(24-15-7-3-8-16-24)29(25-17-9-4-10-18-25,26-19-11-5-12-20-26)27-21-13-6-14-22-27;/h2-22H,1,23H2;1H/q+1;/p-1. The van der Waals surface area contributed by atoms with Gasteiger partial charge in [-0.1, -0.05) is 78.9 Å². The molecule has 0 amide bonds. The van der Waals surface area contributed by atoms with Crippen LogP contribution in [0.1, 0.15) is 0 Å². The molecule has 4 rings (SSSR count). The molecular weight excluding hydrogens is 449 g/mol. The van der Waals surface area contributed by atoms with E-state index in [-0.39, 0.29) is 17.0 Å². The summed E-state index contributed by atoms with van der Waals surface area (Å²) in [6, 6.07) is 43.5. The topological polar surface area (TPSA) is 3.24 Å². The highest BCUT2D eigenvalue weighted by Crippen LogP contribution is 2.60. The number of anilines is 1.